The summed E-state index contributed by atoms with van der Waals surface area (Å²) in [4.78, 5) is 11.3. The number of carboxylic acid groups (broad SMARTS) is 1. The number of hydrogen-bond acceptors (Lipinski definition) is 6. The first-order chi connectivity index (χ1) is 10.9. The fourth-order valence-electron chi connectivity index (χ4n) is 2.16. The van der Waals surface area contributed by atoms with Gasteiger partial charge in [-0.25, -0.2) is 9.18 Å². The first kappa shape index (κ1) is 17.4. The van der Waals surface area contributed by atoms with E-state index in [4.69, 9.17) is 19.7 Å². The Hall–Kier alpha value is -2.00. The summed E-state index contributed by atoms with van der Waals surface area (Å²) in [5.41, 5.74) is 0.0139. The molecule has 0 aromatic heterocycles. The van der Waals surface area contributed by atoms with Crippen molar-refractivity contribution in [2.24, 2.45) is 0 Å². The van der Waals surface area contributed by atoms with E-state index in [1.807, 2.05) is 0 Å². The Bertz CT molecular complexity index is 589. The maximum atomic E-state index is 13.6. The zero-order chi connectivity index (χ0) is 17.0. The molecule has 1 aliphatic rings. The standard InChI is InChI=1S/C15H17FO7/c16-9-4-2-1-3-8(9)5-11(15(20)21)22-13-6-10(18)14(19)12(7-17)23-13/h1-5,10,12-14,17-19H,6-7H2,(H,20,21)/b11-5-/t10-,12-,13-,14-/m0/s1. The van der Waals surface area contributed by atoms with Gasteiger partial charge in [-0.2, -0.15) is 0 Å². The van der Waals surface area contributed by atoms with Gasteiger partial charge in [0.2, 0.25) is 12.0 Å². The molecule has 0 aliphatic carbocycles. The molecule has 0 unspecified atom stereocenters. The Kier molecular flexibility index (Phi) is 5.67. The normalized spacial score (nSPS) is 28.4. The first-order valence-electron chi connectivity index (χ1n) is 6.91. The van der Waals surface area contributed by atoms with E-state index >= 15 is 0 Å². The number of halogens is 1. The Morgan fingerprint density at radius 1 is 1.39 bits per heavy atom. The predicted octanol–water partition coefficient (Wildman–Crippen LogP) is 0.0969. The van der Waals surface area contributed by atoms with Crippen LogP contribution in [0.3, 0.4) is 0 Å². The Balaban J connectivity index is 2.17. The number of hydrogen-bond donors (Lipinski definition) is 4. The second-order valence-corrected chi connectivity index (χ2v) is 5.03. The second-order valence-electron chi connectivity index (χ2n) is 5.03. The van der Waals surface area contributed by atoms with E-state index < -0.39 is 48.8 Å². The number of rotatable bonds is 5. The molecule has 1 aliphatic heterocycles. The van der Waals surface area contributed by atoms with E-state index in [2.05, 4.69) is 0 Å². The lowest BCUT2D eigenvalue weighted by molar-refractivity contribution is -0.246. The van der Waals surface area contributed by atoms with Crippen LogP contribution in [-0.2, 0) is 14.3 Å². The highest BCUT2D eigenvalue weighted by molar-refractivity contribution is 5.89. The van der Waals surface area contributed by atoms with Crippen LogP contribution in [0.1, 0.15) is 12.0 Å². The highest BCUT2D eigenvalue weighted by atomic mass is 19.1. The van der Waals surface area contributed by atoms with Crippen LogP contribution in [0.5, 0.6) is 0 Å². The van der Waals surface area contributed by atoms with Crippen molar-refractivity contribution in [1.82, 2.24) is 0 Å². The van der Waals surface area contributed by atoms with E-state index in [0.717, 1.165) is 6.08 Å². The van der Waals surface area contributed by atoms with E-state index in [0.29, 0.717) is 0 Å². The molecule has 1 aromatic rings. The molecule has 0 spiro atoms. The number of aliphatic hydroxyl groups is 3. The predicted molar refractivity (Wildman–Crippen MR) is 75.5 cm³/mol. The molecule has 4 atom stereocenters. The van der Waals surface area contributed by atoms with E-state index in [1.165, 1.54) is 24.3 Å². The Morgan fingerprint density at radius 3 is 2.70 bits per heavy atom. The highest BCUT2D eigenvalue weighted by Gasteiger charge is 2.38. The molecule has 126 valence electrons. The Labute approximate surface area is 131 Å². The van der Waals surface area contributed by atoms with Gasteiger partial charge < -0.3 is 29.9 Å². The molecule has 23 heavy (non-hydrogen) atoms. The third kappa shape index (κ3) is 4.26. The second kappa shape index (κ2) is 7.51. The van der Waals surface area contributed by atoms with Crippen molar-refractivity contribution in [3.05, 3.63) is 41.4 Å². The summed E-state index contributed by atoms with van der Waals surface area (Å²) < 4.78 is 23.9. The van der Waals surface area contributed by atoms with Crippen molar-refractivity contribution in [2.75, 3.05) is 6.61 Å². The summed E-state index contributed by atoms with van der Waals surface area (Å²) in [6.07, 6.45) is -4.05. The average Bonchev–Trinajstić information content (AvgIpc) is 2.51. The van der Waals surface area contributed by atoms with Crippen molar-refractivity contribution in [2.45, 2.75) is 31.0 Å². The number of benzene rings is 1. The van der Waals surface area contributed by atoms with Crippen LogP contribution in [0.2, 0.25) is 0 Å². The van der Waals surface area contributed by atoms with Crippen LogP contribution in [0, 0.1) is 5.82 Å². The zero-order valence-corrected chi connectivity index (χ0v) is 12.0. The molecule has 1 heterocycles. The molecule has 0 bridgehead atoms. The van der Waals surface area contributed by atoms with Crippen LogP contribution in [0.15, 0.2) is 30.0 Å². The fourth-order valence-corrected chi connectivity index (χ4v) is 2.16. The average molecular weight is 328 g/mol. The minimum absolute atomic E-state index is 0.0139. The minimum atomic E-state index is -1.45. The molecule has 1 fully saturated rings. The molecule has 0 amide bonds. The largest absolute Gasteiger partial charge is 0.475 e. The summed E-state index contributed by atoms with van der Waals surface area (Å²) in [6, 6.07) is 5.54. The molecular weight excluding hydrogens is 311 g/mol. The number of carbonyl (C=O) groups is 1. The molecular formula is C15H17FO7. The van der Waals surface area contributed by atoms with Crippen molar-refractivity contribution >= 4 is 12.0 Å². The molecule has 0 radical (unpaired) electrons. The van der Waals surface area contributed by atoms with E-state index in [-0.39, 0.29) is 12.0 Å². The van der Waals surface area contributed by atoms with Gasteiger partial charge in [-0.3, -0.25) is 0 Å². The minimum Gasteiger partial charge on any atom is -0.475 e. The van der Waals surface area contributed by atoms with Gasteiger partial charge in [0.05, 0.1) is 12.7 Å². The lowest BCUT2D eigenvalue weighted by Crippen LogP contribution is -2.50. The van der Waals surface area contributed by atoms with Gasteiger partial charge in [0.25, 0.3) is 0 Å². The maximum Gasteiger partial charge on any atom is 0.371 e. The van der Waals surface area contributed by atoms with Crippen LogP contribution in [0.25, 0.3) is 6.08 Å². The van der Waals surface area contributed by atoms with Gasteiger partial charge in [0.15, 0.2) is 0 Å². The molecule has 7 nitrogen and oxygen atoms in total. The number of carboxylic acids is 1. The molecule has 8 heteroatoms. The third-order valence-electron chi connectivity index (χ3n) is 3.38. The highest BCUT2D eigenvalue weighted by Crippen LogP contribution is 2.24. The number of ether oxygens (including phenoxy) is 2. The first-order valence-corrected chi connectivity index (χ1v) is 6.91. The summed E-state index contributed by atoms with van der Waals surface area (Å²) >= 11 is 0. The van der Waals surface area contributed by atoms with Crippen LogP contribution >= 0.6 is 0 Å². The van der Waals surface area contributed by atoms with Gasteiger partial charge in [-0.1, -0.05) is 18.2 Å². The van der Waals surface area contributed by atoms with Gasteiger partial charge in [0.1, 0.15) is 18.0 Å². The fraction of sp³-hybridized carbons (Fsp3) is 0.400. The van der Waals surface area contributed by atoms with Gasteiger partial charge in [-0.15, -0.1) is 0 Å². The number of aliphatic hydroxyl groups excluding tert-OH is 3. The summed E-state index contributed by atoms with van der Waals surface area (Å²) in [5, 5.41) is 37.5. The van der Waals surface area contributed by atoms with Crippen molar-refractivity contribution in [1.29, 1.82) is 0 Å². The lowest BCUT2D eigenvalue weighted by Gasteiger charge is -2.36. The maximum absolute atomic E-state index is 13.6. The van der Waals surface area contributed by atoms with Crippen molar-refractivity contribution in [3.63, 3.8) is 0 Å². The molecule has 1 aromatic carbocycles. The molecule has 2 rings (SSSR count). The Morgan fingerprint density at radius 2 is 2.09 bits per heavy atom. The van der Waals surface area contributed by atoms with Crippen LogP contribution in [-0.4, -0.2) is 57.6 Å². The van der Waals surface area contributed by atoms with Crippen molar-refractivity contribution in [3.8, 4) is 0 Å². The van der Waals surface area contributed by atoms with Gasteiger partial charge in [0, 0.05) is 12.0 Å². The van der Waals surface area contributed by atoms with Gasteiger partial charge in [-0.05, 0) is 12.1 Å². The summed E-state index contributed by atoms with van der Waals surface area (Å²) in [6.45, 7) is -0.572. The molecule has 0 saturated carbocycles. The topological polar surface area (TPSA) is 116 Å². The lowest BCUT2D eigenvalue weighted by atomic mass is 10.0. The van der Waals surface area contributed by atoms with Crippen LogP contribution in [0.4, 0.5) is 4.39 Å². The monoisotopic (exact) mass is 328 g/mol. The van der Waals surface area contributed by atoms with E-state index in [1.54, 1.807) is 0 Å². The summed E-state index contributed by atoms with van der Waals surface area (Å²) in [7, 11) is 0. The third-order valence-corrected chi connectivity index (χ3v) is 3.38. The molecule has 4 N–H and O–H groups in total. The van der Waals surface area contributed by atoms with Gasteiger partial charge >= 0.3 is 5.97 Å². The van der Waals surface area contributed by atoms with Crippen molar-refractivity contribution < 1.29 is 39.1 Å². The quantitative estimate of drug-likeness (QED) is 0.447. The SMILES string of the molecule is O=C(O)/C(=C/c1ccccc1F)O[C@@H]1C[C@H](O)[C@H](O)[C@H](CO)O1. The van der Waals surface area contributed by atoms with Crippen LogP contribution < -0.4 is 0 Å². The zero-order valence-electron chi connectivity index (χ0n) is 12.0. The van der Waals surface area contributed by atoms with E-state index in [9.17, 15) is 19.4 Å². The number of aliphatic carboxylic acids is 1. The molecule has 1 saturated heterocycles. The smallest absolute Gasteiger partial charge is 0.371 e. The summed E-state index contributed by atoms with van der Waals surface area (Å²) in [5.74, 6) is -2.65.